The maximum atomic E-state index is 4.39. The van der Waals surface area contributed by atoms with Crippen molar-refractivity contribution in [1.82, 2.24) is 4.98 Å². The molecule has 3 heteroatoms. The van der Waals surface area contributed by atoms with Crippen molar-refractivity contribution in [2.45, 2.75) is 17.7 Å². The Morgan fingerprint density at radius 1 is 1.19 bits per heavy atom. The normalized spacial score (nSPS) is 10.4. The summed E-state index contributed by atoms with van der Waals surface area (Å²) in [6.45, 7) is 2.12. The van der Waals surface area contributed by atoms with E-state index in [0.29, 0.717) is 0 Å². The van der Waals surface area contributed by atoms with Crippen molar-refractivity contribution in [3.8, 4) is 0 Å². The van der Waals surface area contributed by atoms with Gasteiger partial charge in [-0.15, -0.1) is 11.8 Å². The zero-order chi connectivity index (χ0) is 11.4. The highest BCUT2D eigenvalue weighted by molar-refractivity contribution is 9.10. The number of nitrogens with zero attached hydrogens (tertiary/aromatic N) is 1. The van der Waals surface area contributed by atoms with Crippen LogP contribution in [0.2, 0.25) is 0 Å². The first-order chi connectivity index (χ1) is 7.74. The van der Waals surface area contributed by atoms with E-state index < -0.39 is 0 Å². The molecule has 0 amide bonds. The smallest absolute Gasteiger partial charge is 0.107 e. The molecule has 0 unspecified atom stereocenters. The van der Waals surface area contributed by atoms with E-state index in [4.69, 9.17) is 0 Å². The molecule has 0 aliphatic rings. The Labute approximate surface area is 108 Å². The molecule has 0 fully saturated rings. The molecule has 0 radical (unpaired) electrons. The Morgan fingerprint density at radius 3 is 2.75 bits per heavy atom. The monoisotopic (exact) mass is 293 g/mol. The van der Waals surface area contributed by atoms with E-state index in [2.05, 4.69) is 52.1 Å². The fourth-order valence-corrected chi connectivity index (χ4v) is 2.72. The minimum absolute atomic E-state index is 0.891. The lowest BCUT2D eigenvalue weighted by Crippen LogP contribution is -1.84. The molecule has 16 heavy (non-hydrogen) atoms. The largest absolute Gasteiger partial charge is 0.235 e. The summed E-state index contributed by atoms with van der Waals surface area (Å²) in [7, 11) is 0. The lowest BCUT2D eigenvalue weighted by atomic mass is 10.2. The van der Waals surface area contributed by atoms with Crippen LogP contribution in [0.25, 0.3) is 0 Å². The molecule has 0 aliphatic carbocycles. The van der Waals surface area contributed by atoms with Crippen LogP contribution in [0.4, 0.5) is 0 Å². The fourth-order valence-electron chi connectivity index (χ4n) is 1.43. The van der Waals surface area contributed by atoms with Gasteiger partial charge in [0.05, 0.1) is 5.03 Å². The third-order valence-corrected chi connectivity index (χ3v) is 3.60. The lowest BCUT2D eigenvalue weighted by Gasteiger charge is -2.02. The highest BCUT2D eigenvalue weighted by atomic mass is 79.9. The third kappa shape index (κ3) is 3.35. The number of hydrogen-bond donors (Lipinski definition) is 0. The van der Waals surface area contributed by atoms with Crippen LogP contribution in [0.3, 0.4) is 0 Å². The first-order valence-corrected chi connectivity index (χ1v) is 6.83. The van der Waals surface area contributed by atoms with E-state index in [-0.39, 0.29) is 0 Å². The van der Waals surface area contributed by atoms with E-state index in [1.165, 1.54) is 11.1 Å². The molecule has 82 valence electrons. The predicted molar refractivity (Wildman–Crippen MR) is 72.7 cm³/mol. The van der Waals surface area contributed by atoms with Gasteiger partial charge in [0, 0.05) is 5.75 Å². The van der Waals surface area contributed by atoms with Gasteiger partial charge in [-0.25, -0.2) is 4.98 Å². The van der Waals surface area contributed by atoms with Gasteiger partial charge in [-0.3, -0.25) is 0 Å². The second kappa shape index (κ2) is 5.51. The van der Waals surface area contributed by atoms with Crippen molar-refractivity contribution >= 4 is 27.7 Å². The molecular weight excluding hydrogens is 282 g/mol. The molecule has 2 rings (SSSR count). The molecule has 1 nitrogen and oxygen atoms in total. The van der Waals surface area contributed by atoms with Gasteiger partial charge in [0.1, 0.15) is 4.60 Å². The van der Waals surface area contributed by atoms with Crippen LogP contribution in [0.1, 0.15) is 11.1 Å². The van der Waals surface area contributed by atoms with Crippen LogP contribution in [-0.4, -0.2) is 4.98 Å². The van der Waals surface area contributed by atoms with E-state index in [9.17, 15) is 0 Å². The van der Waals surface area contributed by atoms with Crippen molar-refractivity contribution in [1.29, 1.82) is 0 Å². The van der Waals surface area contributed by atoms with Crippen LogP contribution < -0.4 is 0 Å². The molecule has 1 heterocycles. The lowest BCUT2D eigenvalue weighted by molar-refractivity contribution is 1.10. The van der Waals surface area contributed by atoms with E-state index in [1.807, 2.05) is 18.2 Å². The Kier molecular flexibility index (Phi) is 4.02. The van der Waals surface area contributed by atoms with Gasteiger partial charge in [0.25, 0.3) is 0 Å². The molecule has 1 aromatic heterocycles. The molecule has 0 bridgehead atoms. The summed E-state index contributed by atoms with van der Waals surface area (Å²) < 4.78 is 0.891. The fraction of sp³-hybridized carbons (Fsp3) is 0.154. The van der Waals surface area contributed by atoms with Crippen molar-refractivity contribution < 1.29 is 0 Å². The first-order valence-electron chi connectivity index (χ1n) is 5.05. The number of rotatable bonds is 3. The van der Waals surface area contributed by atoms with Crippen LogP contribution in [0.5, 0.6) is 0 Å². The first kappa shape index (κ1) is 11.7. The maximum absolute atomic E-state index is 4.39. The van der Waals surface area contributed by atoms with Crippen LogP contribution in [0.15, 0.2) is 52.1 Å². The SMILES string of the molecule is Cc1cccc(CSc2cccc(Br)n2)c1. The van der Waals surface area contributed by atoms with Crippen LogP contribution in [-0.2, 0) is 5.75 Å². The molecule has 2 aromatic rings. The molecule has 0 atom stereocenters. The maximum Gasteiger partial charge on any atom is 0.107 e. The number of pyridine rings is 1. The molecule has 0 saturated carbocycles. The summed E-state index contributed by atoms with van der Waals surface area (Å²) in [6, 6.07) is 14.6. The quantitative estimate of drug-likeness (QED) is 0.613. The Hall–Kier alpha value is -0.800. The summed E-state index contributed by atoms with van der Waals surface area (Å²) in [5.74, 6) is 0.963. The third-order valence-electron chi connectivity index (χ3n) is 2.16. The highest BCUT2D eigenvalue weighted by Crippen LogP contribution is 2.22. The molecule has 0 saturated heterocycles. The Bertz CT molecular complexity index is 439. The summed E-state index contributed by atoms with van der Waals surface area (Å²) >= 11 is 5.13. The summed E-state index contributed by atoms with van der Waals surface area (Å²) in [4.78, 5) is 4.39. The second-order valence-corrected chi connectivity index (χ2v) is 5.38. The van der Waals surface area contributed by atoms with Gasteiger partial charge in [-0.1, -0.05) is 35.9 Å². The van der Waals surface area contributed by atoms with Crippen LogP contribution in [0, 0.1) is 6.92 Å². The van der Waals surface area contributed by atoms with Crippen molar-refractivity contribution in [2.24, 2.45) is 0 Å². The number of aromatic nitrogens is 1. The number of thioether (sulfide) groups is 1. The Morgan fingerprint density at radius 2 is 2.00 bits per heavy atom. The summed E-state index contributed by atoms with van der Waals surface area (Å²) in [6.07, 6.45) is 0. The van der Waals surface area contributed by atoms with E-state index in [0.717, 1.165) is 15.4 Å². The summed E-state index contributed by atoms with van der Waals surface area (Å²) in [5.41, 5.74) is 2.65. The van der Waals surface area contributed by atoms with Crippen molar-refractivity contribution in [2.75, 3.05) is 0 Å². The van der Waals surface area contributed by atoms with Gasteiger partial charge < -0.3 is 0 Å². The van der Waals surface area contributed by atoms with Gasteiger partial charge in [-0.2, -0.15) is 0 Å². The van der Waals surface area contributed by atoms with E-state index >= 15 is 0 Å². The number of aryl methyl sites for hydroxylation is 1. The van der Waals surface area contributed by atoms with Crippen molar-refractivity contribution in [3.05, 3.63) is 58.2 Å². The highest BCUT2D eigenvalue weighted by Gasteiger charge is 1.98. The van der Waals surface area contributed by atoms with Crippen molar-refractivity contribution in [3.63, 3.8) is 0 Å². The molecular formula is C13H12BrNS. The van der Waals surface area contributed by atoms with Gasteiger partial charge >= 0.3 is 0 Å². The van der Waals surface area contributed by atoms with Gasteiger partial charge in [0.15, 0.2) is 0 Å². The molecule has 0 spiro atoms. The topological polar surface area (TPSA) is 12.9 Å². The average molecular weight is 294 g/mol. The molecule has 0 aliphatic heterocycles. The second-order valence-electron chi connectivity index (χ2n) is 3.58. The predicted octanol–water partition coefficient (Wildman–Crippen LogP) is 4.44. The van der Waals surface area contributed by atoms with E-state index in [1.54, 1.807) is 11.8 Å². The zero-order valence-electron chi connectivity index (χ0n) is 8.98. The van der Waals surface area contributed by atoms with Crippen LogP contribution >= 0.6 is 27.7 Å². The minimum atomic E-state index is 0.891. The van der Waals surface area contributed by atoms with Gasteiger partial charge in [-0.05, 0) is 40.5 Å². The number of benzene rings is 1. The number of hydrogen-bond acceptors (Lipinski definition) is 2. The zero-order valence-corrected chi connectivity index (χ0v) is 11.4. The standard InChI is InChI=1S/C13H12BrNS/c1-10-4-2-5-11(8-10)9-16-13-7-3-6-12(14)15-13/h2-8H,9H2,1H3. The minimum Gasteiger partial charge on any atom is -0.235 e. The molecule has 1 aromatic carbocycles. The Balaban J connectivity index is 2.02. The number of halogens is 1. The summed E-state index contributed by atoms with van der Waals surface area (Å²) in [5, 5.41) is 1.05. The average Bonchev–Trinajstić information content (AvgIpc) is 2.27. The van der Waals surface area contributed by atoms with Gasteiger partial charge in [0.2, 0.25) is 0 Å². The molecule has 0 N–H and O–H groups in total.